The van der Waals surface area contributed by atoms with Crippen LogP contribution in [0.1, 0.15) is 22.3 Å². The summed E-state index contributed by atoms with van der Waals surface area (Å²) < 4.78 is 5.20. The Hall–Kier alpha value is -1.80. The second-order valence-electron chi connectivity index (χ2n) is 4.25. The predicted molar refractivity (Wildman–Crippen MR) is 77.1 cm³/mol. The molecule has 3 heteroatoms. The lowest BCUT2D eigenvalue weighted by molar-refractivity contribution is 0.0980. The van der Waals surface area contributed by atoms with E-state index in [4.69, 9.17) is 16.3 Å². The highest BCUT2D eigenvalue weighted by molar-refractivity contribution is 6.30. The summed E-state index contributed by atoms with van der Waals surface area (Å²) >= 11 is 5.92. The number of ether oxygens (including phenoxy) is 1. The van der Waals surface area contributed by atoms with Crippen LogP contribution in [0.4, 0.5) is 0 Å². The molecule has 98 valence electrons. The Bertz CT molecular complexity index is 578. The summed E-state index contributed by atoms with van der Waals surface area (Å²) in [6.45, 7) is 0. The van der Waals surface area contributed by atoms with Gasteiger partial charge >= 0.3 is 0 Å². The van der Waals surface area contributed by atoms with E-state index in [-0.39, 0.29) is 5.78 Å². The predicted octanol–water partition coefficient (Wildman–Crippen LogP) is 4.16. The number of Topliss-reactive ketones (excluding diaryl/α,β-unsaturated/α-hetero) is 1. The molecule has 0 aliphatic heterocycles. The van der Waals surface area contributed by atoms with Gasteiger partial charge in [-0.25, -0.2) is 0 Å². The quantitative estimate of drug-likeness (QED) is 0.765. The van der Waals surface area contributed by atoms with Gasteiger partial charge in [-0.2, -0.15) is 0 Å². The first-order valence-electron chi connectivity index (χ1n) is 6.11. The third-order valence-corrected chi connectivity index (χ3v) is 3.17. The minimum Gasteiger partial charge on any atom is -0.496 e. The Morgan fingerprint density at radius 3 is 2.68 bits per heavy atom. The van der Waals surface area contributed by atoms with Crippen molar-refractivity contribution in [2.24, 2.45) is 0 Å². The van der Waals surface area contributed by atoms with E-state index in [1.54, 1.807) is 19.2 Å². The SMILES string of the molecule is COc1ccccc1C(=O)CCc1cccc(Cl)c1. The monoisotopic (exact) mass is 274 g/mol. The van der Waals surface area contributed by atoms with E-state index in [9.17, 15) is 4.79 Å². The lowest BCUT2D eigenvalue weighted by atomic mass is 10.0. The minimum atomic E-state index is 0.0809. The third-order valence-electron chi connectivity index (χ3n) is 2.94. The fourth-order valence-electron chi connectivity index (χ4n) is 1.96. The van der Waals surface area contributed by atoms with E-state index in [1.165, 1.54) is 0 Å². The third kappa shape index (κ3) is 3.58. The maximum Gasteiger partial charge on any atom is 0.166 e. The van der Waals surface area contributed by atoms with Gasteiger partial charge in [0.05, 0.1) is 12.7 Å². The van der Waals surface area contributed by atoms with Gasteiger partial charge in [-0.05, 0) is 36.2 Å². The fraction of sp³-hybridized carbons (Fsp3) is 0.188. The number of aryl methyl sites for hydroxylation is 1. The van der Waals surface area contributed by atoms with Gasteiger partial charge in [0.25, 0.3) is 0 Å². The minimum absolute atomic E-state index is 0.0809. The van der Waals surface area contributed by atoms with Crippen molar-refractivity contribution >= 4 is 17.4 Å². The molecule has 0 aromatic heterocycles. The second-order valence-corrected chi connectivity index (χ2v) is 4.69. The smallest absolute Gasteiger partial charge is 0.166 e. The van der Waals surface area contributed by atoms with Crippen LogP contribution < -0.4 is 4.74 Å². The van der Waals surface area contributed by atoms with Crippen LogP contribution >= 0.6 is 11.6 Å². The van der Waals surface area contributed by atoms with Crippen LogP contribution in [0.2, 0.25) is 5.02 Å². The Kier molecular flexibility index (Phi) is 4.58. The van der Waals surface area contributed by atoms with Crippen LogP contribution in [0.15, 0.2) is 48.5 Å². The van der Waals surface area contributed by atoms with Crippen molar-refractivity contribution in [2.45, 2.75) is 12.8 Å². The van der Waals surface area contributed by atoms with E-state index >= 15 is 0 Å². The first-order valence-corrected chi connectivity index (χ1v) is 6.49. The number of hydrogen-bond donors (Lipinski definition) is 0. The van der Waals surface area contributed by atoms with E-state index in [1.807, 2.05) is 36.4 Å². The number of para-hydroxylation sites is 1. The highest BCUT2D eigenvalue weighted by Gasteiger charge is 2.11. The Morgan fingerprint density at radius 1 is 1.16 bits per heavy atom. The van der Waals surface area contributed by atoms with E-state index in [0.29, 0.717) is 29.2 Å². The van der Waals surface area contributed by atoms with Crippen LogP contribution in [0.5, 0.6) is 5.75 Å². The number of methoxy groups -OCH3 is 1. The highest BCUT2D eigenvalue weighted by atomic mass is 35.5. The van der Waals surface area contributed by atoms with Crippen LogP contribution in [0, 0.1) is 0 Å². The molecule has 19 heavy (non-hydrogen) atoms. The Morgan fingerprint density at radius 2 is 1.95 bits per heavy atom. The average Bonchev–Trinajstić information content (AvgIpc) is 2.45. The van der Waals surface area contributed by atoms with Crippen LogP contribution in [0.25, 0.3) is 0 Å². The van der Waals surface area contributed by atoms with E-state index < -0.39 is 0 Å². The fourth-order valence-corrected chi connectivity index (χ4v) is 2.17. The maximum atomic E-state index is 12.2. The largest absolute Gasteiger partial charge is 0.496 e. The molecule has 0 amide bonds. The van der Waals surface area contributed by atoms with Crippen molar-refractivity contribution in [3.8, 4) is 5.75 Å². The molecule has 0 radical (unpaired) electrons. The van der Waals surface area contributed by atoms with Crippen molar-refractivity contribution in [2.75, 3.05) is 7.11 Å². The summed E-state index contributed by atoms with van der Waals surface area (Å²) in [5.74, 6) is 0.705. The van der Waals surface area contributed by atoms with Gasteiger partial charge in [-0.3, -0.25) is 4.79 Å². The van der Waals surface area contributed by atoms with Crippen molar-refractivity contribution in [3.63, 3.8) is 0 Å². The number of halogens is 1. The molecule has 0 fully saturated rings. The molecule has 2 aromatic carbocycles. The van der Waals surface area contributed by atoms with Crippen molar-refractivity contribution in [1.29, 1.82) is 0 Å². The Balaban J connectivity index is 2.05. The normalized spacial score (nSPS) is 10.2. The molecule has 0 heterocycles. The van der Waals surface area contributed by atoms with Gasteiger partial charge in [-0.15, -0.1) is 0 Å². The average molecular weight is 275 g/mol. The number of hydrogen-bond acceptors (Lipinski definition) is 2. The number of rotatable bonds is 5. The lowest BCUT2D eigenvalue weighted by Crippen LogP contribution is -2.03. The molecule has 0 atom stereocenters. The molecule has 2 aromatic rings. The zero-order valence-electron chi connectivity index (χ0n) is 10.7. The number of ketones is 1. The molecular weight excluding hydrogens is 260 g/mol. The molecule has 2 nitrogen and oxygen atoms in total. The zero-order valence-corrected chi connectivity index (χ0v) is 11.5. The second kappa shape index (κ2) is 6.39. The summed E-state index contributed by atoms with van der Waals surface area (Å²) in [4.78, 5) is 12.2. The molecular formula is C16H15ClO2. The van der Waals surface area contributed by atoms with Gasteiger partial charge in [0.2, 0.25) is 0 Å². The molecule has 0 saturated carbocycles. The molecule has 0 N–H and O–H groups in total. The molecule has 0 aliphatic rings. The molecule has 2 rings (SSSR count). The first-order chi connectivity index (χ1) is 9.20. The summed E-state index contributed by atoms with van der Waals surface area (Å²) in [5.41, 5.74) is 1.70. The maximum absolute atomic E-state index is 12.2. The molecule has 0 saturated heterocycles. The molecule has 0 aliphatic carbocycles. The van der Waals surface area contributed by atoms with Gasteiger partial charge in [0.1, 0.15) is 5.75 Å². The van der Waals surface area contributed by atoms with Gasteiger partial charge in [-0.1, -0.05) is 35.9 Å². The van der Waals surface area contributed by atoms with Crippen LogP contribution in [-0.4, -0.2) is 12.9 Å². The molecule has 0 unspecified atom stereocenters. The summed E-state index contributed by atoms with van der Waals surface area (Å²) in [6, 6.07) is 14.9. The standard InChI is InChI=1S/C16H15ClO2/c1-19-16-8-3-2-7-14(16)15(18)10-9-12-5-4-6-13(17)11-12/h2-8,11H,9-10H2,1H3. The van der Waals surface area contributed by atoms with E-state index in [0.717, 1.165) is 5.56 Å². The van der Waals surface area contributed by atoms with Crippen LogP contribution in [-0.2, 0) is 6.42 Å². The van der Waals surface area contributed by atoms with Gasteiger partial charge in [0.15, 0.2) is 5.78 Å². The summed E-state index contributed by atoms with van der Waals surface area (Å²) in [6.07, 6.45) is 1.12. The van der Waals surface area contributed by atoms with Crippen LogP contribution in [0.3, 0.4) is 0 Å². The Labute approximate surface area is 118 Å². The van der Waals surface area contributed by atoms with Crippen molar-refractivity contribution in [1.82, 2.24) is 0 Å². The molecule has 0 spiro atoms. The summed E-state index contributed by atoms with van der Waals surface area (Å²) in [5, 5.41) is 0.697. The number of benzene rings is 2. The zero-order chi connectivity index (χ0) is 13.7. The first kappa shape index (κ1) is 13.6. The molecule has 0 bridgehead atoms. The van der Waals surface area contributed by atoms with Crippen molar-refractivity contribution < 1.29 is 9.53 Å². The van der Waals surface area contributed by atoms with Gasteiger partial charge < -0.3 is 4.74 Å². The number of carbonyl (C=O) groups excluding carboxylic acids is 1. The van der Waals surface area contributed by atoms with Gasteiger partial charge in [0, 0.05) is 11.4 Å². The lowest BCUT2D eigenvalue weighted by Gasteiger charge is -2.07. The highest BCUT2D eigenvalue weighted by Crippen LogP contribution is 2.20. The summed E-state index contributed by atoms with van der Waals surface area (Å²) in [7, 11) is 1.57. The van der Waals surface area contributed by atoms with E-state index in [2.05, 4.69) is 0 Å². The topological polar surface area (TPSA) is 26.3 Å². The number of carbonyl (C=O) groups is 1. The van der Waals surface area contributed by atoms with Crippen molar-refractivity contribution in [3.05, 3.63) is 64.7 Å².